The van der Waals surface area contributed by atoms with E-state index in [0.717, 1.165) is 25.0 Å². The summed E-state index contributed by atoms with van der Waals surface area (Å²) in [5, 5.41) is 2.57. The van der Waals surface area contributed by atoms with Crippen molar-refractivity contribution in [3.63, 3.8) is 0 Å². The Morgan fingerprint density at radius 3 is 1.80 bits per heavy atom. The normalized spacial score (nSPS) is 11.2. The van der Waals surface area contributed by atoms with Gasteiger partial charge in [-0.3, -0.25) is 0 Å². The molecule has 0 saturated carbocycles. The molecule has 0 rings (SSSR count). The maximum absolute atomic E-state index is 12.0. The SMILES string of the molecule is C=CC(=O)OCC(C)(COC(=O)C=C)NC(=O)OCCCC(C)(C)C. The number of esters is 2. The standard InChI is InChI=1S/C18H29NO6/c1-7-14(20)24-12-18(6,13-25-15(21)8-2)19-16(22)23-11-9-10-17(3,4)5/h7-8H,1-2,9-13H2,3-6H3,(H,19,22). The molecule has 1 amide bonds. The molecule has 0 heterocycles. The lowest BCUT2D eigenvalue weighted by Gasteiger charge is -2.29. The van der Waals surface area contributed by atoms with E-state index in [4.69, 9.17) is 14.2 Å². The molecule has 0 aliphatic heterocycles. The molecule has 0 aromatic carbocycles. The summed E-state index contributed by atoms with van der Waals surface area (Å²) in [6, 6.07) is 0. The molecule has 7 heteroatoms. The van der Waals surface area contributed by atoms with Crippen LogP contribution < -0.4 is 5.32 Å². The van der Waals surface area contributed by atoms with Crippen molar-refractivity contribution in [2.75, 3.05) is 19.8 Å². The Morgan fingerprint density at radius 1 is 0.920 bits per heavy atom. The van der Waals surface area contributed by atoms with Crippen LogP contribution in [0.2, 0.25) is 0 Å². The summed E-state index contributed by atoms with van der Waals surface area (Å²) in [6.45, 7) is 14.3. The summed E-state index contributed by atoms with van der Waals surface area (Å²) in [6.07, 6.45) is 2.96. The van der Waals surface area contributed by atoms with E-state index in [9.17, 15) is 14.4 Å². The monoisotopic (exact) mass is 355 g/mol. The number of amides is 1. The Labute approximate surface area is 149 Å². The van der Waals surface area contributed by atoms with Gasteiger partial charge in [-0.2, -0.15) is 0 Å². The van der Waals surface area contributed by atoms with Gasteiger partial charge in [0.15, 0.2) is 0 Å². The fraction of sp³-hybridized carbons (Fsp3) is 0.611. The molecule has 0 aliphatic rings. The number of nitrogens with one attached hydrogen (secondary N) is 1. The van der Waals surface area contributed by atoms with Crippen LogP contribution in [0.15, 0.2) is 25.3 Å². The molecule has 0 aromatic heterocycles. The van der Waals surface area contributed by atoms with Gasteiger partial charge in [0.25, 0.3) is 0 Å². The quantitative estimate of drug-likeness (QED) is 0.280. The molecule has 0 bridgehead atoms. The Balaban J connectivity index is 4.59. The van der Waals surface area contributed by atoms with Crippen LogP contribution in [0.25, 0.3) is 0 Å². The lowest BCUT2D eigenvalue weighted by molar-refractivity contribution is -0.144. The first-order valence-electron chi connectivity index (χ1n) is 8.05. The van der Waals surface area contributed by atoms with Gasteiger partial charge >= 0.3 is 18.0 Å². The maximum Gasteiger partial charge on any atom is 0.407 e. The van der Waals surface area contributed by atoms with Crippen molar-refractivity contribution in [1.29, 1.82) is 0 Å². The van der Waals surface area contributed by atoms with Crippen LogP contribution >= 0.6 is 0 Å². The number of hydrogen-bond acceptors (Lipinski definition) is 6. The highest BCUT2D eigenvalue weighted by atomic mass is 16.6. The van der Waals surface area contributed by atoms with Gasteiger partial charge < -0.3 is 19.5 Å². The van der Waals surface area contributed by atoms with Crippen LogP contribution in [0.5, 0.6) is 0 Å². The van der Waals surface area contributed by atoms with Crippen molar-refractivity contribution in [3.05, 3.63) is 25.3 Å². The van der Waals surface area contributed by atoms with Crippen molar-refractivity contribution in [3.8, 4) is 0 Å². The van der Waals surface area contributed by atoms with Gasteiger partial charge in [0.2, 0.25) is 0 Å². The minimum absolute atomic E-state index is 0.159. The molecule has 0 spiro atoms. The third kappa shape index (κ3) is 11.8. The van der Waals surface area contributed by atoms with Crippen molar-refractivity contribution >= 4 is 18.0 Å². The van der Waals surface area contributed by atoms with Crippen molar-refractivity contribution in [2.24, 2.45) is 5.41 Å². The second kappa shape index (κ2) is 10.5. The van der Waals surface area contributed by atoms with Crippen LogP contribution in [0.1, 0.15) is 40.5 Å². The predicted octanol–water partition coefficient (Wildman–Crippen LogP) is 2.76. The summed E-state index contributed by atoms with van der Waals surface area (Å²) >= 11 is 0. The molecule has 0 fully saturated rings. The minimum atomic E-state index is -1.14. The fourth-order valence-electron chi connectivity index (χ4n) is 1.74. The molecule has 0 saturated heterocycles. The van der Waals surface area contributed by atoms with Gasteiger partial charge in [0, 0.05) is 12.2 Å². The zero-order valence-corrected chi connectivity index (χ0v) is 15.6. The summed E-state index contributed by atoms with van der Waals surface area (Å²) in [5.74, 6) is -1.30. The number of carbonyl (C=O) groups excluding carboxylic acids is 3. The Hall–Kier alpha value is -2.31. The smallest absolute Gasteiger partial charge is 0.407 e. The van der Waals surface area contributed by atoms with Crippen molar-refractivity contribution in [1.82, 2.24) is 5.32 Å². The third-order valence-corrected chi connectivity index (χ3v) is 3.11. The van der Waals surface area contributed by atoms with Crippen LogP contribution in [0.4, 0.5) is 4.79 Å². The van der Waals surface area contributed by atoms with Crippen LogP contribution in [0.3, 0.4) is 0 Å². The summed E-state index contributed by atoms with van der Waals surface area (Å²) in [4.78, 5) is 34.4. The Kier molecular flexibility index (Phi) is 9.56. The predicted molar refractivity (Wildman–Crippen MR) is 93.9 cm³/mol. The molecule has 0 unspecified atom stereocenters. The first kappa shape index (κ1) is 22.7. The molecule has 142 valence electrons. The van der Waals surface area contributed by atoms with E-state index in [1.54, 1.807) is 6.92 Å². The lowest BCUT2D eigenvalue weighted by atomic mass is 9.91. The average Bonchev–Trinajstić information content (AvgIpc) is 2.53. The van der Waals surface area contributed by atoms with Crippen LogP contribution in [0, 0.1) is 5.41 Å². The zero-order valence-electron chi connectivity index (χ0n) is 15.6. The Bertz CT molecular complexity index is 468. The second-order valence-corrected chi connectivity index (χ2v) is 7.11. The Morgan fingerprint density at radius 2 is 1.40 bits per heavy atom. The van der Waals surface area contributed by atoms with E-state index < -0.39 is 23.6 Å². The van der Waals surface area contributed by atoms with Crippen LogP contribution in [-0.4, -0.2) is 43.4 Å². The van der Waals surface area contributed by atoms with E-state index in [1.807, 2.05) is 0 Å². The van der Waals surface area contributed by atoms with E-state index in [-0.39, 0.29) is 25.2 Å². The molecular formula is C18H29NO6. The molecule has 7 nitrogen and oxygen atoms in total. The highest BCUT2D eigenvalue weighted by Crippen LogP contribution is 2.20. The summed E-state index contributed by atoms with van der Waals surface area (Å²) in [7, 11) is 0. The highest BCUT2D eigenvalue weighted by Gasteiger charge is 2.30. The summed E-state index contributed by atoms with van der Waals surface area (Å²) < 4.78 is 15.0. The number of ether oxygens (including phenoxy) is 3. The van der Waals surface area contributed by atoms with Crippen molar-refractivity contribution < 1.29 is 28.6 Å². The number of carbonyl (C=O) groups is 3. The van der Waals surface area contributed by atoms with Crippen LogP contribution in [-0.2, 0) is 23.8 Å². The second-order valence-electron chi connectivity index (χ2n) is 7.11. The molecule has 25 heavy (non-hydrogen) atoms. The average molecular weight is 355 g/mol. The zero-order chi connectivity index (χ0) is 19.5. The van der Waals surface area contributed by atoms with Gasteiger partial charge in [-0.05, 0) is 25.2 Å². The maximum atomic E-state index is 12.0. The lowest BCUT2D eigenvalue weighted by Crippen LogP contribution is -2.53. The number of alkyl carbamates (subject to hydrolysis) is 1. The van der Waals surface area contributed by atoms with E-state index in [0.29, 0.717) is 0 Å². The largest absolute Gasteiger partial charge is 0.460 e. The molecular weight excluding hydrogens is 326 g/mol. The topological polar surface area (TPSA) is 90.9 Å². The fourth-order valence-corrected chi connectivity index (χ4v) is 1.74. The number of rotatable bonds is 10. The van der Waals surface area contributed by atoms with Crippen molar-refractivity contribution in [2.45, 2.75) is 46.1 Å². The van der Waals surface area contributed by atoms with Gasteiger partial charge in [0.1, 0.15) is 18.8 Å². The highest BCUT2D eigenvalue weighted by molar-refractivity contribution is 5.81. The summed E-state index contributed by atoms with van der Waals surface area (Å²) in [5.41, 5.74) is -0.982. The molecule has 0 atom stereocenters. The number of hydrogen-bond donors (Lipinski definition) is 1. The first-order chi connectivity index (χ1) is 11.5. The van der Waals surface area contributed by atoms with Gasteiger partial charge in [-0.1, -0.05) is 33.9 Å². The minimum Gasteiger partial charge on any atom is -0.460 e. The van der Waals surface area contributed by atoms with Gasteiger partial charge in [-0.15, -0.1) is 0 Å². The third-order valence-electron chi connectivity index (χ3n) is 3.11. The van der Waals surface area contributed by atoms with Gasteiger partial charge in [0.05, 0.1) is 6.61 Å². The molecule has 0 aromatic rings. The van der Waals surface area contributed by atoms with E-state index >= 15 is 0 Å². The molecule has 0 aliphatic carbocycles. The molecule has 0 radical (unpaired) electrons. The van der Waals surface area contributed by atoms with E-state index in [2.05, 4.69) is 39.2 Å². The van der Waals surface area contributed by atoms with E-state index in [1.165, 1.54) is 0 Å². The van der Waals surface area contributed by atoms with Gasteiger partial charge in [-0.25, -0.2) is 14.4 Å². The first-order valence-corrected chi connectivity index (χ1v) is 8.05. The molecule has 1 N–H and O–H groups in total.